The number of ether oxygens (including phenoxy) is 4. The highest BCUT2D eigenvalue weighted by molar-refractivity contribution is 5.90. The van der Waals surface area contributed by atoms with Crippen LogP contribution >= 0.6 is 0 Å². The number of rotatable bonds is 6. The van der Waals surface area contributed by atoms with Crippen molar-refractivity contribution in [3.05, 3.63) is 104 Å². The molecule has 2 aliphatic carbocycles. The number of fused-ring (bicyclic) bond motifs is 10. The third-order valence-electron chi connectivity index (χ3n) is 16.9. The van der Waals surface area contributed by atoms with Gasteiger partial charge >= 0.3 is 11.9 Å². The van der Waals surface area contributed by atoms with Crippen LogP contribution in [0.3, 0.4) is 0 Å². The summed E-state index contributed by atoms with van der Waals surface area (Å²) < 4.78 is 31.6. The number of aliphatic hydroxyl groups excluding tert-OH is 6. The van der Waals surface area contributed by atoms with Gasteiger partial charge in [-0.3, -0.25) is 10.1 Å². The Labute approximate surface area is 442 Å². The third kappa shape index (κ3) is 7.47. The molecule has 2 spiro atoms. The second kappa shape index (κ2) is 18.5. The average molecular weight is 1070 g/mol. The summed E-state index contributed by atoms with van der Waals surface area (Å²) in [6.45, 7) is 1.51. The van der Waals surface area contributed by atoms with Crippen molar-refractivity contribution in [2.75, 3.05) is 6.61 Å². The van der Waals surface area contributed by atoms with Gasteiger partial charge < -0.3 is 89.8 Å². The van der Waals surface area contributed by atoms with Crippen LogP contribution in [0.2, 0.25) is 0 Å². The number of carboxylic acid groups (broad SMARTS) is 1. The molecular weight excluding hydrogens is 1020 g/mol. The summed E-state index contributed by atoms with van der Waals surface area (Å²) in [5.41, 5.74) is -7.34. The molecule has 7 aliphatic heterocycles. The molecule has 78 heavy (non-hydrogen) atoms. The van der Waals surface area contributed by atoms with Gasteiger partial charge in [-0.15, -0.1) is 0 Å². The number of hydrogen-bond donors (Lipinski definition) is 14. The molecule has 9 aliphatic rings. The first-order valence-electron chi connectivity index (χ1n) is 25.8. The maximum Gasteiger partial charge on any atom is 0.351 e. The average Bonchev–Trinajstić information content (AvgIpc) is 3.42. The number of carboxylic acids is 1. The molecule has 4 aromatic rings. The smallest absolute Gasteiger partial charge is 0.351 e. The molecule has 14 N–H and O–H groups in total. The molecule has 13 rings (SSSR count). The number of hydrogen-bond acceptors (Lipinski definition) is 20. The number of phenolic OH excluding ortho intramolecular Hbond substituents is 3. The second-order valence-corrected chi connectivity index (χ2v) is 21.2. The lowest BCUT2D eigenvalue weighted by molar-refractivity contribution is -0.378. The van der Waals surface area contributed by atoms with Gasteiger partial charge in [-0.2, -0.15) is 0 Å². The second-order valence-electron chi connectivity index (χ2n) is 21.2. The van der Waals surface area contributed by atoms with Gasteiger partial charge in [0, 0.05) is 89.0 Å². The minimum Gasteiger partial charge on any atom is -0.507 e. The van der Waals surface area contributed by atoms with Crippen molar-refractivity contribution in [3.8, 4) is 58.0 Å². The Balaban J connectivity index is 1.14. The molecule has 2 aromatic heterocycles. The van der Waals surface area contributed by atoms with Gasteiger partial charge in [-0.25, -0.2) is 9.59 Å². The Morgan fingerprint density at radius 2 is 1.76 bits per heavy atom. The minimum absolute atomic E-state index is 0.0741. The Bertz CT molecular complexity index is 3520. The van der Waals surface area contributed by atoms with E-state index in [1.165, 1.54) is 12.1 Å². The van der Waals surface area contributed by atoms with E-state index in [-0.39, 0.29) is 75.7 Å². The van der Waals surface area contributed by atoms with Crippen LogP contribution < -0.4 is 20.8 Å². The van der Waals surface area contributed by atoms with Crippen LogP contribution in [0.4, 0.5) is 0 Å². The molecule has 22 heteroatoms. The quantitative estimate of drug-likeness (QED) is 0.0546. The molecule has 6 bridgehead atoms. The SMILES string of the molecule is CCC1=C([C@@H]2C=C3Cc4[nH]ccc4C#CC[C@]4(O)[C@H](O)[C@@H](O)[C@@]3(Oc3cc5oc(-c6cc(O)c(O)c(CCO)c6)cc(=O)c5c(O)c32)O[C@@]42CC#C[C@]3(C(=O)O)O[C@H](OC2=O)[C@H](O)[C@@H](O)[C@@H]3O)C=C2C(N1)N[C@H]1CCC[C@@H]2C1. The van der Waals surface area contributed by atoms with Gasteiger partial charge in [-0.05, 0) is 67.4 Å². The summed E-state index contributed by atoms with van der Waals surface area (Å²) in [5, 5.41) is 134. The van der Waals surface area contributed by atoms with Crippen LogP contribution in [0.5, 0.6) is 23.0 Å². The minimum atomic E-state index is -3.15. The number of carbonyl (C=O) groups excluding carboxylic acids is 1. The molecule has 0 radical (unpaired) electrons. The normalized spacial score (nSPS) is 35.5. The zero-order valence-corrected chi connectivity index (χ0v) is 41.6. The molecule has 9 heterocycles. The van der Waals surface area contributed by atoms with E-state index in [4.69, 9.17) is 23.4 Å². The van der Waals surface area contributed by atoms with Gasteiger partial charge in [0.1, 0.15) is 58.2 Å². The lowest BCUT2D eigenvalue weighted by atomic mass is 9.67. The number of aliphatic hydroxyl groups is 7. The van der Waals surface area contributed by atoms with E-state index >= 15 is 4.79 Å². The highest BCUT2D eigenvalue weighted by Gasteiger charge is 2.75. The fourth-order valence-electron chi connectivity index (χ4n) is 12.8. The van der Waals surface area contributed by atoms with Crippen LogP contribution in [0.1, 0.15) is 80.2 Å². The van der Waals surface area contributed by atoms with Gasteiger partial charge in [0.25, 0.3) is 11.4 Å². The van der Waals surface area contributed by atoms with E-state index in [1.807, 2.05) is 13.0 Å². The number of piperidine rings is 1. The van der Waals surface area contributed by atoms with Crippen molar-refractivity contribution in [1.29, 1.82) is 0 Å². The van der Waals surface area contributed by atoms with E-state index < -0.39 is 119 Å². The van der Waals surface area contributed by atoms with Crippen molar-refractivity contribution >= 4 is 22.9 Å². The van der Waals surface area contributed by atoms with Crippen LogP contribution in [-0.2, 0) is 36.6 Å². The standard InChI is InChI=1S/C56H55N3O19/c1-2-33-31(21-30-25-6-3-8-29(17-25)58-49(30)59-33)32-19-28-20-34-24(9-14-57-34)7-4-12-54(73)47(68)48(69)56(28,78-55(54)13-5-11-53(51(70)71)46(67)44(65)45(66)50(77-53)75-52(55)72)76-39-23-38-41(43(64)40(32)39)35(61)22-37(74-38)27-16-26(10-15-60)42(63)36(62)18-27/h9,14,16,18-19,21-23,25,29,32,44-50,57-60,62-69,73H,2-3,6,8,10,12-13,15,17,20H2,1H3,(H,70,71)/t25-,29+,32+,44-,45-,46+,47-,48-,49?,50+,53+,54+,55-,56+/m1/s1. The predicted molar refractivity (Wildman–Crippen MR) is 268 cm³/mol. The first-order chi connectivity index (χ1) is 37.3. The Hall–Kier alpha value is -7.19. The summed E-state index contributed by atoms with van der Waals surface area (Å²) >= 11 is 0. The summed E-state index contributed by atoms with van der Waals surface area (Å²) in [6.07, 6.45) is -7.84. The van der Waals surface area contributed by atoms with E-state index in [0.717, 1.165) is 43.4 Å². The molecule has 1 unspecified atom stereocenters. The van der Waals surface area contributed by atoms with Crippen molar-refractivity contribution in [2.45, 2.75) is 142 Å². The number of H-pyrrole nitrogens is 1. The number of phenols is 3. The predicted octanol–water partition coefficient (Wildman–Crippen LogP) is 0.653. The van der Waals surface area contributed by atoms with Gasteiger partial charge in [-0.1, -0.05) is 49.2 Å². The number of benzene rings is 2. The molecule has 2 aromatic carbocycles. The lowest BCUT2D eigenvalue weighted by Crippen LogP contribution is -2.80. The molecule has 3 saturated heterocycles. The number of aromatic hydroxyl groups is 3. The summed E-state index contributed by atoms with van der Waals surface area (Å²) in [7, 11) is 0. The van der Waals surface area contributed by atoms with Gasteiger partial charge in [0.15, 0.2) is 23.0 Å². The summed E-state index contributed by atoms with van der Waals surface area (Å²) in [6, 6.07) is 6.71. The maximum atomic E-state index is 15.4. The molecule has 22 nitrogen and oxygen atoms in total. The Morgan fingerprint density at radius 1 is 0.949 bits per heavy atom. The van der Waals surface area contributed by atoms with Gasteiger partial charge in [0.2, 0.25) is 11.9 Å². The number of aromatic amines is 1. The number of aliphatic carboxylic acids is 1. The lowest BCUT2D eigenvalue weighted by Gasteiger charge is -2.57. The summed E-state index contributed by atoms with van der Waals surface area (Å²) in [5.74, 6) is 0.554. The number of dihydropyridines is 1. The van der Waals surface area contributed by atoms with Crippen molar-refractivity contribution < 1.29 is 89.1 Å². The van der Waals surface area contributed by atoms with E-state index in [2.05, 4.69) is 39.3 Å². The van der Waals surface area contributed by atoms with Gasteiger partial charge in [0.05, 0.1) is 12.6 Å². The highest BCUT2D eigenvalue weighted by Crippen LogP contribution is 2.57. The largest absolute Gasteiger partial charge is 0.507 e. The molecule has 1 saturated carbocycles. The maximum absolute atomic E-state index is 15.4. The molecular formula is C56H55N3O19. The van der Waals surface area contributed by atoms with Crippen LogP contribution in [0.25, 0.3) is 22.3 Å². The Morgan fingerprint density at radius 3 is 2.53 bits per heavy atom. The zero-order valence-electron chi connectivity index (χ0n) is 41.6. The molecule has 14 atom stereocenters. The first kappa shape index (κ1) is 51.6. The van der Waals surface area contributed by atoms with E-state index in [1.54, 1.807) is 18.3 Å². The van der Waals surface area contributed by atoms with Crippen molar-refractivity contribution in [3.63, 3.8) is 0 Å². The fraction of sp³-hybridized carbons (Fsp3) is 0.446. The number of carbonyl (C=O) groups is 2. The highest BCUT2D eigenvalue weighted by atomic mass is 16.8. The number of esters is 1. The van der Waals surface area contributed by atoms with E-state index in [0.29, 0.717) is 28.9 Å². The monoisotopic (exact) mass is 1070 g/mol. The topological polar surface area (TPSA) is 364 Å². The Kier molecular flexibility index (Phi) is 12.2. The zero-order chi connectivity index (χ0) is 55.0. The molecule has 408 valence electrons. The fourth-order valence-corrected chi connectivity index (χ4v) is 12.8. The first-order valence-corrected chi connectivity index (χ1v) is 25.8. The number of nitrogens with one attached hydrogen (secondary N) is 3. The van der Waals surface area contributed by atoms with Crippen molar-refractivity contribution in [1.82, 2.24) is 15.6 Å². The van der Waals surface area contributed by atoms with E-state index in [9.17, 15) is 65.8 Å². The molecule has 4 fully saturated rings. The van der Waals surface area contributed by atoms with Crippen LogP contribution in [0.15, 0.2) is 80.3 Å². The molecule has 0 amide bonds. The number of aromatic nitrogens is 1. The van der Waals surface area contributed by atoms with Crippen LogP contribution in [-0.4, -0.2) is 151 Å². The summed E-state index contributed by atoms with van der Waals surface area (Å²) in [4.78, 5) is 46.1. The number of allylic oxidation sites excluding steroid dienone is 4. The van der Waals surface area contributed by atoms with Crippen molar-refractivity contribution in [2.24, 2.45) is 5.92 Å². The third-order valence-corrected chi connectivity index (χ3v) is 16.9. The van der Waals surface area contributed by atoms with Crippen LogP contribution in [0, 0.1) is 29.6 Å².